The number of hydrogen-bond donors (Lipinski definition) is 2. The fourth-order valence-corrected chi connectivity index (χ4v) is 2.52. The zero-order valence-corrected chi connectivity index (χ0v) is 19.6. The number of hydrogen-bond acceptors (Lipinski definition) is 2. The summed E-state index contributed by atoms with van der Waals surface area (Å²) in [6.45, 7) is 4.00. The topological polar surface area (TPSA) is 38.0 Å². The Morgan fingerprint density at radius 1 is 0.406 bits per heavy atom. The van der Waals surface area contributed by atoms with Crippen LogP contribution in [-0.2, 0) is 0 Å². The van der Waals surface area contributed by atoms with Gasteiger partial charge in [0.05, 0.1) is 0 Å². The summed E-state index contributed by atoms with van der Waals surface area (Å²) in [6.07, 6.45) is 0. The van der Waals surface area contributed by atoms with Crippen LogP contribution < -0.4 is 11.1 Å². The average molecular weight is 431 g/mol. The Balaban J connectivity index is 0. The van der Waals surface area contributed by atoms with Crippen LogP contribution in [0.5, 0.6) is 0 Å². The van der Waals surface area contributed by atoms with Crippen LogP contribution in [0.2, 0.25) is 0 Å². The van der Waals surface area contributed by atoms with Gasteiger partial charge in [0.25, 0.3) is 0 Å². The second kappa shape index (κ2) is 22.5. The molecule has 4 aromatic rings. The third-order valence-electron chi connectivity index (χ3n) is 3.76. The molecule has 0 spiro atoms. The zero-order chi connectivity index (χ0) is 23.2. The van der Waals surface area contributed by atoms with Crippen LogP contribution in [0.1, 0.15) is 21.3 Å². The maximum Gasteiger partial charge on any atom is -0.0167 e. The van der Waals surface area contributed by atoms with Crippen molar-refractivity contribution in [1.82, 2.24) is 5.32 Å². The first-order valence-corrected chi connectivity index (χ1v) is 10.7. The van der Waals surface area contributed by atoms with Crippen molar-refractivity contribution in [3.63, 3.8) is 0 Å². The Morgan fingerprint density at radius 2 is 0.531 bits per heavy atom. The van der Waals surface area contributed by atoms with E-state index in [2.05, 4.69) is 108 Å². The minimum atomic E-state index is 0. The monoisotopic (exact) mass is 430 g/mol. The molecule has 0 aliphatic carbocycles. The van der Waals surface area contributed by atoms with Gasteiger partial charge in [-0.05, 0) is 43.4 Å². The lowest BCUT2D eigenvalue weighted by molar-refractivity contribution is 1.02. The second-order valence-corrected chi connectivity index (χ2v) is 5.96. The van der Waals surface area contributed by atoms with Gasteiger partial charge in [-0.15, -0.1) is 0 Å². The normalized spacial score (nSPS) is 8.19. The van der Waals surface area contributed by atoms with Gasteiger partial charge in [0, 0.05) is 0 Å². The summed E-state index contributed by atoms with van der Waals surface area (Å²) >= 11 is 0. The SMILES string of the molecule is C.CC.CN.CNC.c1ccc(-c2ccccc2)cc1.c1ccc(-c2ccccc2)cc1. The van der Waals surface area contributed by atoms with Crippen LogP contribution in [0.25, 0.3) is 22.3 Å². The standard InChI is InChI=1S/2C12H10.C2H7N.C2H6.CH5N.CH4/c2*1-3-7-11(8-4-1)12-9-5-2-6-10-12;1-3-2;2*1-2;/h2*1-10H;3H,1-2H3;1-2H3;2H2,1H3;1H4. The molecule has 172 valence electrons. The molecule has 0 radical (unpaired) electrons. The van der Waals surface area contributed by atoms with Gasteiger partial charge in [0.1, 0.15) is 0 Å². The van der Waals surface area contributed by atoms with E-state index in [1.54, 1.807) is 0 Å². The van der Waals surface area contributed by atoms with E-state index in [-0.39, 0.29) is 7.43 Å². The van der Waals surface area contributed by atoms with Gasteiger partial charge < -0.3 is 11.1 Å². The molecule has 0 aliphatic heterocycles. The molecule has 0 saturated carbocycles. The Morgan fingerprint density at radius 3 is 0.656 bits per heavy atom. The Kier molecular flexibility index (Phi) is 21.8. The molecule has 0 unspecified atom stereocenters. The van der Waals surface area contributed by atoms with Crippen molar-refractivity contribution in [3.05, 3.63) is 121 Å². The summed E-state index contributed by atoms with van der Waals surface area (Å²) in [5, 5.41) is 2.75. The highest BCUT2D eigenvalue weighted by molar-refractivity contribution is 5.63. The quantitative estimate of drug-likeness (QED) is 0.341. The predicted octanol–water partition coefficient (Wildman–Crippen LogP) is 7.78. The van der Waals surface area contributed by atoms with Crippen LogP contribution >= 0.6 is 0 Å². The molecule has 3 N–H and O–H groups in total. The minimum absolute atomic E-state index is 0. The summed E-state index contributed by atoms with van der Waals surface area (Å²) < 4.78 is 0. The third kappa shape index (κ3) is 13.2. The molecular formula is C30H42N2. The highest BCUT2D eigenvalue weighted by Gasteiger charge is 1.92. The Bertz CT molecular complexity index is 696. The van der Waals surface area contributed by atoms with Gasteiger partial charge in [0.2, 0.25) is 0 Å². The highest BCUT2D eigenvalue weighted by atomic mass is 14.7. The van der Waals surface area contributed by atoms with Crippen molar-refractivity contribution < 1.29 is 0 Å². The molecule has 32 heavy (non-hydrogen) atoms. The van der Waals surface area contributed by atoms with Crippen molar-refractivity contribution in [3.8, 4) is 22.3 Å². The van der Waals surface area contributed by atoms with Crippen molar-refractivity contribution in [2.75, 3.05) is 21.1 Å². The second-order valence-electron chi connectivity index (χ2n) is 5.96. The van der Waals surface area contributed by atoms with Crippen molar-refractivity contribution in [2.45, 2.75) is 21.3 Å². The van der Waals surface area contributed by atoms with Crippen LogP contribution in [0.4, 0.5) is 0 Å². The maximum absolute atomic E-state index is 4.50. The van der Waals surface area contributed by atoms with Crippen LogP contribution in [0.3, 0.4) is 0 Å². The van der Waals surface area contributed by atoms with Crippen molar-refractivity contribution >= 4 is 0 Å². The van der Waals surface area contributed by atoms with Crippen molar-refractivity contribution in [1.29, 1.82) is 0 Å². The van der Waals surface area contributed by atoms with Gasteiger partial charge in [-0.25, -0.2) is 0 Å². The molecule has 4 aromatic carbocycles. The van der Waals surface area contributed by atoms with Gasteiger partial charge >= 0.3 is 0 Å². The summed E-state index contributed by atoms with van der Waals surface area (Å²) in [5.41, 5.74) is 9.60. The molecule has 0 bridgehead atoms. The smallest absolute Gasteiger partial charge is 0.0167 e. The first-order chi connectivity index (χ1) is 15.3. The lowest BCUT2D eigenvalue weighted by atomic mass is 10.1. The zero-order valence-electron chi connectivity index (χ0n) is 19.6. The first kappa shape index (κ1) is 31.0. The van der Waals surface area contributed by atoms with Crippen LogP contribution in [0.15, 0.2) is 121 Å². The van der Waals surface area contributed by atoms with E-state index >= 15 is 0 Å². The van der Waals surface area contributed by atoms with Gasteiger partial charge in [0.15, 0.2) is 0 Å². The van der Waals surface area contributed by atoms with Crippen LogP contribution in [-0.4, -0.2) is 21.1 Å². The molecule has 0 amide bonds. The summed E-state index contributed by atoms with van der Waals surface area (Å²) in [5.74, 6) is 0. The number of benzene rings is 4. The lowest BCUT2D eigenvalue weighted by Crippen LogP contribution is -1.89. The summed E-state index contributed by atoms with van der Waals surface area (Å²) in [4.78, 5) is 0. The molecule has 2 nitrogen and oxygen atoms in total. The van der Waals surface area contributed by atoms with Gasteiger partial charge in [-0.3, -0.25) is 0 Å². The number of nitrogens with one attached hydrogen (secondary N) is 1. The van der Waals surface area contributed by atoms with E-state index < -0.39 is 0 Å². The summed E-state index contributed by atoms with van der Waals surface area (Å²) in [7, 11) is 5.25. The third-order valence-corrected chi connectivity index (χ3v) is 3.76. The Labute approximate surface area is 197 Å². The fourth-order valence-electron chi connectivity index (χ4n) is 2.52. The Hall–Kier alpha value is -3.20. The molecule has 0 aromatic heterocycles. The highest BCUT2D eigenvalue weighted by Crippen LogP contribution is 2.18. The van der Waals surface area contributed by atoms with E-state index in [1.807, 2.05) is 52.2 Å². The largest absolute Gasteiger partial charge is 0.333 e. The number of nitrogens with two attached hydrogens (primary N) is 1. The van der Waals surface area contributed by atoms with Gasteiger partial charge in [-0.1, -0.05) is 143 Å². The molecule has 4 rings (SSSR count). The molecule has 0 atom stereocenters. The molecular weight excluding hydrogens is 388 g/mol. The minimum Gasteiger partial charge on any atom is -0.333 e. The maximum atomic E-state index is 4.50. The van der Waals surface area contributed by atoms with E-state index in [0.29, 0.717) is 0 Å². The van der Waals surface area contributed by atoms with Crippen molar-refractivity contribution in [2.24, 2.45) is 5.73 Å². The predicted molar refractivity (Wildman–Crippen MR) is 147 cm³/mol. The average Bonchev–Trinajstić information content (AvgIpc) is 2.89. The molecule has 0 aliphatic rings. The molecule has 0 saturated heterocycles. The van der Waals surface area contributed by atoms with E-state index in [9.17, 15) is 0 Å². The molecule has 0 fully saturated rings. The van der Waals surface area contributed by atoms with Crippen LogP contribution in [0, 0.1) is 0 Å². The van der Waals surface area contributed by atoms with E-state index in [1.165, 1.54) is 29.3 Å². The summed E-state index contributed by atoms with van der Waals surface area (Å²) in [6, 6.07) is 41.6. The van der Waals surface area contributed by atoms with E-state index in [4.69, 9.17) is 0 Å². The molecule has 2 heteroatoms. The fraction of sp³-hybridized carbons (Fsp3) is 0.200. The van der Waals surface area contributed by atoms with E-state index in [0.717, 1.165) is 0 Å². The van der Waals surface area contributed by atoms with Gasteiger partial charge in [-0.2, -0.15) is 0 Å². The number of rotatable bonds is 2. The first-order valence-electron chi connectivity index (χ1n) is 10.7. The molecule has 0 heterocycles. The lowest BCUT2D eigenvalue weighted by Gasteiger charge is -1.98.